The predicted molar refractivity (Wildman–Crippen MR) is 117 cm³/mol. The molecule has 2 aliphatic heterocycles. The first-order valence-corrected chi connectivity index (χ1v) is 11.0. The van der Waals surface area contributed by atoms with E-state index in [0.717, 1.165) is 19.3 Å². The molecule has 3 amide bonds. The van der Waals surface area contributed by atoms with Gasteiger partial charge in [0.1, 0.15) is 5.75 Å². The normalized spacial score (nSPS) is 28.2. The quantitative estimate of drug-likeness (QED) is 0.499. The molecule has 164 valence electrons. The van der Waals surface area contributed by atoms with Gasteiger partial charge in [0.2, 0.25) is 17.7 Å². The van der Waals surface area contributed by atoms with Gasteiger partial charge in [0.25, 0.3) is 0 Å². The highest BCUT2D eigenvalue weighted by molar-refractivity contribution is 6.11. The molecule has 1 unspecified atom stereocenters. The summed E-state index contributed by atoms with van der Waals surface area (Å²) in [5.74, 6) is 0.157. The lowest BCUT2D eigenvalue weighted by molar-refractivity contribution is -0.144. The van der Waals surface area contributed by atoms with Gasteiger partial charge in [-0.05, 0) is 50.3 Å². The van der Waals surface area contributed by atoms with Gasteiger partial charge in [0.15, 0.2) is 0 Å². The smallest absolute Gasteiger partial charge is 0.241 e. The molecule has 2 heterocycles. The van der Waals surface area contributed by atoms with Crippen molar-refractivity contribution in [3.05, 3.63) is 54.6 Å². The second-order valence-electron chi connectivity index (χ2n) is 8.85. The average molecular weight is 423 g/mol. The Balaban J connectivity index is 1.70. The Morgan fingerprint density at radius 1 is 1.26 bits per heavy atom. The summed E-state index contributed by atoms with van der Waals surface area (Å²) in [4.78, 5) is 43.5. The number of amides is 3. The van der Waals surface area contributed by atoms with Crippen LogP contribution in [0, 0.1) is 0 Å². The number of hydrogen-bond donors (Lipinski definition) is 0. The molecular formula is C25H30N2O4. The lowest BCUT2D eigenvalue weighted by atomic mass is 9.75. The van der Waals surface area contributed by atoms with Gasteiger partial charge in [-0.2, -0.15) is 0 Å². The molecule has 2 fully saturated rings. The van der Waals surface area contributed by atoms with Gasteiger partial charge < -0.3 is 9.64 Å². The number of hydrogen-bond acceptors (Lipinski definition) is 4. The van der Waals surface area contributed by atoms with Crippen LogP contribution in [0.3, 0.4) is 0 Å². The number of ether oxygens (including phenoxy) is 1. The van der Waals surface area contributed by atoms with Gasteiger partial charge in [-0.15, -0.1) is 6.58 Å². The molecule has 0 bridgehead atoms. The Hall–Kier alpha value is -2.89. The van der Waals surface area contributed by atoms with Crippen LogP contribution in [0.15, 0.2) is 49.1 Å². The van der Waals surface area contributed by atoms with E-state index >= 15 is 0 Å². The van der Waals surface area contributed by atoms with Gasteiger partial charge in [-0.3, -0.25) is 19.3 Å². The van der Waals surface area contributed by atoms with E-state index < -0.39 is 5.41 Å². The molecule has 0 aromatic heterocycles. The molecule has 1 saturated carbocycles. The summed E-state index contributed by atoms with van der Waals surface area (Å²) in [6.45, 7) is 5.82. The van der Waals surface area contributed by atoms with Crippen molar-refractivity contribution in [2.45, 2.75) is 69.0 Å². The van der Waals surface area contributed by atoms with Crippen LogP contribution in [0.25, 0.3) is 0 Å². The Kier molecular flexibility index (Phi) is 5.73. The van der Waals surface area contributed by atoms with Crippen LogP contribution in [0.2, 0.25) is 0 Å². The predicted octanol–water partition coefficient (Wildman–Crippen LogP) is 3.37. The summed E-state index contributed by atoms with van der Waals surface area (Å²) >= 11 is 0. The van der Waals surface area contributed by atoms with E-state index in [-0.39, 0.29) is 48.7 Å². The van der Waals surface area contributed by atoms with E-state index in [0.29, 0.717) is 17.7 Å². The Morgan fingerprint density at radius 2 is 1.97 bits per heavy atom. The van der Waals surface area contributed by atoms with E-state index in [9.17, 15) is 14.4 Å². The lowest BCUT2D eigenvalue weighted by Crippen LogP contribution is -2.50. The van der Waals surface area contributed by atoms with Crippen molar-refractivity contribution >= 4 is 17.7 Å². The van der Waals surface area contributed by atoms with Gasteiger partial charge in [-0.25, -0.2) is 0 Å². The zero-order chi connectivity index (χ0) is 22.2. The summed E-state index contributed by atoms with van der Waals surface area (Å²) in [6, 6.07) is 7.14. The molecule has 3 aliphatic rings. The molecule has 1 aromatic carbocycles. The summed E-state index contributed by atoms with van der Waals surface area (Å²) in [6.07, 6.45) is 9.12. The average Bonchev–Trinajstić information content (AvgIpc) is 3.55. The van der Waals surface area contributed by atoms with Crippen LogP contribution in [0.4, 0.5) is 0 Å². The first kappa shape index (κ1) is 21.3. The van der Waals surface area contributed by atoms with Crippen LogP contribution in [0.1, 0.15) is 51.0 Å². The summed E-state index contributed by atoms with van der Waals surface area (Å²) in [7, 11) is 1.58. The maximum absolute atomic E-state index is 13.7. The van der Waals surface area contributed by atoms with Gasteiger partial charge in [-0.1, -0.05) is 30.4 Å². The number of methoxy groups -OCH3 is 1. The molecule has 0 N–H and O–H groups in total. The molecule has 1 saturated heterocycles. The van der Waals surface area contributed by atoms with Crippen molar-refractivity contribution in [3.63, 3.8) is 0 Å². The number of carbonyl (C=O) groups is 3. The van der Waals surface area contributed by atoms with Gasteiger partial charge in [0, 0.05) is 31.0 Å². The van der Waals surface area contributed by atoms with Crippen LogP contribution >= 0.6 is 0 Å². The van der Waals surface area contributed by atoms with Crippen molar-refractivity contribution in [2.24, 2.45) is 0 Å². The maximum Gasteiger partial charge on any atom is 0.241 e. The fourth-order valence-electron chi connectivity index (χ4n) is 4.99. The Morgan fingerprint density at radius 3 is 2.58 bits per heavy atom. The molecule has 6 heteroatoms. The fourth-order valence-corrected chi connectivity index (χ4v) is 4.99. The molecule has 0 radical (unpaired) electrons. The van der Waals surface area contributed by atoms with Crippen molar-refractivity contribution in [2.75, 3.05) is 7.11 Å². The van der Waals surface area contributed by atoms with E-state index in [1.807, 2.05) is 36.1 Å². The molecule has 1 aliphatic carbocycles. The Labute approximate surface area is 183 Å². The minimum atomic E-state index is -1.16. The second kappa shape index (κ2) is 8.33. The number of imide groups is 1. The molecule has 6 nitrogen and oxygen atoms in total. The SMILES string of the molecule is C=CC[C@@H]1CC=C[C@@H](C)N1C(=O)CC1(c2ccc(OC)cc2)CC(=O)N(C2CC2)C1=O. The zero-order valence-corrected chi connectivity index (χ0v) is 18.3. The number of benzene rings is 1. The van der Waals surface area contributed by atoms with Crippen molar-refractivity contribution in [1.29, 1.82) is 0 Å². The van der Waals surface area contributed by atoms with Crippen LogP contribution in [-0.4, -0.2) is 52.8 Å². The third kappa shape index (κ3) is 3.80. The van der Waals surface area contributed by atoms with Crippen LogP contribution < -0.4 is 4.74 Å². The van der Waals surface area contributed by atoms with Crippen LogP contribution in [-0.2, 0) is 19.8 Å². The van der Waals surface area contributed by atoms with E-state index in [4.69, 9.17) is 4.74 Å². The summed E-state index contributed by atoms with van der Waals surface area (Å²) in [5.41, 5.74) is -0.466. The Bertz CT molecular complexity index is 918. The third-order valence-electron chi connectivity index (χ3n) is 6.74. The number of nitrogens with zero attached hydrogens (tertiary/aromatic N) is 2. The highest BCUT2D eigenvalue weighted by atomic mass is 16.5. The van der Waals surface area contributed by atoms with E-state index in [1.165, 1.54) is 4.90 Å². The topological polar surface area (TPSA) is 66.9 Å². The van der Waals surface area contributed by atoms with Crippen LogP contribution in [0.5, 0.6) is 5.75 Å². The van der Waals surface area contributed by atoms with Crippen molar-refractivity contribution < 1.29 is 19.1 Å². The first-order valence-electron chi connectivity index (χ1n) is 11.0. The fraction of sp³-hybridized carbons (Fsp3) is 0.480. The van der Waals surface area contributed by atoms with E-state index in [1.54, 1.807) is 19.2 Å². The molecule has 3 atom stereocenters. The molecular weight excluding hydrogens is 392 g/mol. The zero-order valence-electron chi connectivity index (χ0n) is 18.3. The first-order chi connectivity index (χ1) is 14.9. The molecule has 1 aromatic rings. The number of carbonyl (C=O) groups excluding carboxylic acids is 3. The molecule has 31 heavy (non-hydrogen) atoms. The molecule has 4 rings (SSSR count). The summed E-state index contributed by atoms with van der Waals surface area (Å²) < 4.78 is 5.26. The van der Waals surface area contributed by atoms with Crippen molar-refractivity contribution in [3.8, 4) is 5.75 Å². The highest BCUT2D eigenvalue weighted by Gasteiger charge is 2.57. The molecule has 0 spiro atoms. The highest BCUT2D eigenvalue weighted by Crippen LogP contribution is 2.45. The second-order valence-corrected chi connectivity index (χ2v) is 8.85. The summed E-state index contributed by atoms with van der Waals surface area (Å²) in [5, 5.41) is 0. The standard InChI is InChI=1S/C25H30N2O4/c1-4-6-19-8-5-7-17(2)26(19)22(28)15-25(18-9-13-21(31-3)14-10-18)16-23(29)27(24(25)30)20-11-12-20/h4-5,7,9-10,13-14,17,19-20H,1,6,8,11-12,15-16H2,2-3H3/t17-,19-,25?/m1/s1. The van der Waals surface area contributed by atoms with Gasteiger partial charge >= 0.3 is 0 Å². The van der Waals surface area contributed by atoms with Crippen molar-refractivity contribution in [1.82, 2.24) is 9.80 Å². The lowest BCUT2D eigenvalue weighted by Gasteiger charge is -2.39. The minimum absolute atomic E-state index is 0.0133. The number of rotatable bonds is 7. The minimum Gasteiger partial charge on any atom is -0.497 e. The monoisotopic (exact) mass is 422 g/mol. The number of likely N-dealkylation sites (tertiary alicyclic amines) is 1. The van der Waals surface area contributed by atoms with E-state index in [2.05, 4.69) is 12.7 Å². The maximum atomic E-state index is 13.7. The largest absolute Gasteiger partial charge is 0.497 e. The third-order valence-corrected chi connectivity index (χ3v) is 6.74. The van der Waals surface area contributed by atoms with Gasteiger partial charge in [0.05, 0.1) is 12.5 Å².